The largest absolute Gasteiger partial charge is 0.338 e. The molecule has 0 bridgehead atoms. The van der Waals surface area contributed by atoms with E-state index in [2.05, 4.69) is 74.2 Å². The zero-order valence-corrected chi connectivity index (χ0v) is 11.2. The van der Waals surface area contributed by atoms with Gasteiger partial charge in [-0.3, -0.25) is 0 Å². The maximum absolute atomic E-state index is 2.48. The quantitative estimate of drug-likeness (QED) is 0.698. The lowest BCUT2D eigenvalue weighted by atomic mass is 9.98. The van der Waals surface area contributed by atoms with E-state index < -0.39 is 0 Å². The molecule has 0 aliphatic carbocycles. The van der Waals surface area contributed by atoms with Crippen LogP contribution in [-0.4, -0.2) is 6.04 Å². The molecule has 18 heavy (non-hydrogen) atoms. The number of nitrogens with zero attached hydrogens (tertiary/aromatic N) is 1. The Balaban J connectivity index is 2.16. The summed E-state index contributed by atoms with van der Waals surface area (Å²) in [6, 6.07) is 17.9. The van der Waals surface area contributed by atoms with Gasteiger partial charge < -0.3 is 4.90 Å². The van der Waals surface area contributed by atoms with Crippen LogP contribution < -0.4 is 4.90 Å². The number of rotatable bonds is 1. The van der Waals surface area contributed by atoms with Crippen LogP contribution in [0.3, 0.4) is 0 Å². The Labute approximate surface area is 109 Å². The van der Waals surface area contributed by atoms with E-state index in [9.17, 15) is 0 Å². The van der Waals surface area contributed by atoms with Crippen LogP contribution in [0.25, 0.3) is 0 Å². The first-order chi connectivity index (χ1) is 8.70. The summed E-state index contributed by atoms with van der Waals surface area (Å²) in [6.45, 7) is 6.83. The maximum atomic E-state index is 2.48. The van der Waals surface area contributed by atoms with E-state index in [1.165, 1.54) is 22.5 Å². The molecule has 1 nitrogen and oxygen atoms in total. The van der Waals surface area contributed by atoms with Gasteiger partial charge in [-0.2, -0.15) is 0 Å². The lowest BCUT2D eigenvalue weighted by Gasteiger charge is -2.28. The molecule has 0 aromatic heterocycles. The van der Waals surface area contributed by atoms with Crippen LogP contribution in [0.15, 0.2) is 48.5 Å². The molecule has 3 rings (SSSR count). The predicted molar refractivity (Wildman–Crippen MR) is 77.6 cm³/mol. The van der Waals surface area contributed by atoms with E-state index in [0.29, 0.717) is 12.0 Å². The standard InChI is InChI=1S/C17H19N/c1-12-8-4-6-10-16(12)18-14(3)13(2)15-9-5-7-11-17(15)18/h4-11,13-14H,1-3H3/t13?,14-/m0/s1. The summed E-state index contributed by atoms with van der Waals surface area (Å²) in [5.74, 6) is 0.584. The minimum atomic E-state index is 0.517. The summed E-state index contributed by atoms with van der Waals surface area (Å²) >= 11 is 0. The molecule has 0 saturated heterocycles. The van der Waals surface area contributed by atoms with Crippen LogP contribution in [0, 0.1) is 6.92 Å². The molecule has 0 radical (unpaired) electrons. The van der Waals surface area contributed by atoms with Crippen LogP contribution in [0.1, 0.15) is 30.9 Å². The van der Waals surface area contributed by atoms with Gasteiger partial charge in [0.2, 0.25) is 0 Å². The Bertz CT molecular complexity index is 573. The van der Waals surface area contributed by atoms with E-state index >= 15 is 0 Å². The summed E-state index contributed by atoms with van der Waals surface area (Å²) < 4.78 is 0. The van der Waals surface area contributed by atoms with Crippen LogP contribution >= 0.6 is 0 Å². The topological polar surface area (TPSA) is 3.24 Å². The van der Waals surface area contributed by atoms with Crippen molar-refractivity contribution in [2.75, 3.05) is 4.90 Å². The van der Waals surface area contributed by atoms with Crippen molar-refractivity contribution in [3.63, 3.8) is 0 Å². The molecule has 92 valence electrons. The fourth-order valence-electron chi connectivity index (χ4n) is 2.98. The fraction of sp³-hybridized carbons (Fsp3) is 0.294. The van der Waals surface area contributed by atoms with E-state index in [1.807, 2.05) is 0 Å². The van der Waals surface area contributed by atoms with Crippen LogP contribution in [0.4, 0.5) is 11.4 Å². The Morgan fingerprint density at radius 3 is 2.17 bits per heavy atom. The van der Waals surface area contributed by atoms with E-state index in [-0.39, 0.29) is 0 Å². The Morgan fingerprint density at radius 1 is 0.833 bits per heavy atom. The Hall–Kier alpha value is -1.76. The lowest BCUT2D eigenvalue weighted by molar-refractivity contribution is 0.641. The third-order valence-electron chi connectivity index (χ3n) is 4.19. The molecule has 1 heteroatoms. The van der Waals surface area contributed by atoms with Gasteiger partial charge in [0.25, 0.3) is 0 Å². The van der Waals surface area contributed by atoms with Crippen molar-refractivity contribution in [3.05, 3.63) is 59.7 Å². The van der Waals surface area contributed by atoms with Gasteiger partial charge in [-0.05, 0) is 37.1 Å². The average Bonchev–Trinajstić information content (AvgIpc) is 2.64. The molecule has 0 N–H and O–H groups in total. The lowest BCUT2D eigenvalue weighted by Crippen LogP contribution is -2.26. The van der Waals surface area contributed by atoms with Crippen LogP contribution in [0.2, 0.25) is 0 Å². The number of fused-ring (bicyclic) bond motifs is 1. The summed E-state index contributed by atoms with van der Waals surface area (Å²) in [5, 5.41) is 0. The first kappa shape index (κ1) is 11.3. The van der Waals surface area contributed by atoms with Gasteiger partial charge in [0.05, 0.1) is 0 Å². The second-order valence-corrected chi connectivity index (χ2v) is 5.24. The van der Waals surface area contributed by atoms with E-state index in [1.54, 1.807) is 0 Å². The van der Waals surface area contributed by atoms with Crippen molar-refractivity contribution in [3.8, 4) is 0 Å². The minimum absolute atomic E-state index is 0.517. The number of para-hydroxylation sites is 2. The molecule has 0 fully saturated rings. The molecule has 2 atom stereocenters. The predicted octanol–water partition coefficient (Wildman–Crippen LogP) is 4.64. The summed E-state index contributed by atoms with van der Waals surface area (Å²) in [5.41, 5.74) is 5.51. The number of benzene rings is 2. The van der Waals surface area contributed by atoms with Gasteiger partial charge in [0.15, 0.2) is 0 Å². The molecule has 2 aromatic rings. The fourth-order valence-corrected chi connectivity index (χ4v) is 2.98. The second kappa shape index (κ2) is 4.16. The molecule has 2 aromatic carbocycles. The maximum Gasteiger partial charge on any atom is 0.0449 e. The molecular formula is C17H19N. The minimum Gasteiger partial charge on any atom is -0.338 e. The van der Waals surface area contributed by atoms with Crippen molar-refractivity contribution in [1.82, 2.24) is 0 Å². The zero-order valence-electron chi connectivity index (χ0n) is 11.2. The smallest absolute Gasteiger partial charge is 0.0449 e. The van der Waals surface area contributed by atoms with Crippen molar-refractivity contribution in [2.24, 2.45) is 0 Å². The van der Waals surface area contributed by atoms with Crippen molar-refractivity contribution in [2.45, 2.75) is 32.7 Å². The highest BCUT2D eigenvalue weighted by molar-refractivity contribution is 5.74. The number of anilines is 2. The summed E-state index contributed by atoms with van der Waals surface area (Å²) in [4.78, 5) is 2.48. The van der Waals surface area contributed by atoms with Crippen molar-refractivity contribution < 1.29 is 0 Å². The van der Waals surface area contributed by atoms with Crippen molar-refractivity contribution >= 4 is 11.4 Å². The molecule has 1 unspecified atom stereocenters. The summed E-state index contributed by atoms with van der Waals surface area (Å²) in [7, 11) is 0. The second-order valence-electron chi connectivity index (χ2n) is 5.24. The van der Waals surface area contributed by atoms with Crippen LogP contribution in [-0.2, 0) is 0 Å². The Kier molecular flexibility index (Phi) is 2.62. The number of aryl methyl sites for hydroxylation is 1. The highest BCUT2D eigenvalue weighted by Gasteiger charge is 2.33. The number of hydrogen-bond donors (Lipinski definition) is 0. The highest BCUT2D eigenvalue weighted by Crippen LogP contribution is 2.45. The molecule has 0 saturated carbocycles. The first-order valence-electron chi connectivity index (χ1n) is 6.64. The molecule has 1 heterocycles. The third-order valence-corrected chi connectivity index (χ3v) is 4.19. The van der Waals surface area contributed by atoms with Crippen LogP contribution in [0.5, 0.6) is 0 Å². The molecule has 0 amide bonds. The molecule has 1 aliphatic rings. The third kappa shape index (κ3) is 1.54. The zero-order chi connectivity index (χ0) is 12.7. The normalized spacial score (nSPS) is 22.1. The van der Waals surface area contributed by atoms with Gasteiger partial charge in [-0.1, -0.05) is 43.3 Å². The van der Waals surface area contributed by atoms with Gasteiger partial charge in [-0.15, -0.1) is 0 Å². The number of hydrogen-bond acceptors (Lipinski definition) is 1. The van der Waals surface area contributed by atoms with E-state index in [0.717, 1.165) is 0 Å². The summed E-state index contributed by atoms with van der Waals surface area (Å²) in [6.07, 6.45) is 0. The molecule has 0 spiro atoms. The van der Waals surface area contributed by atoms with Crippen molar-refractivity contribution in [1.29, 1.82) is 0 Å². The monoisotopic (exact) mass is 237 g/mol. The average molecular weight is 237 g/mol. The highest BCUT2D eigenvalue weighted by atomic mass is 15.2. The Morgan fingerprint density at radius 2 is 1.44 bits per heavy atom. The first-order valence-corrected chi connectivity index (χ1v) is 6.64. The molecular weight excluding hydrogens is 218 g/mol. The molecule has 1 aliphatic heterocycles. The van der Waals surface area contributed by atoms with E-state index in [4.69, 9.17) is 0 Å². The van der Waals surface area contributed by atoms with Gasteiger partial charge in [0, 0.05) is 23.3 Å². The SMILES string of the molecule is Cc1ccccc1N1c2ccccc2C(C)[C@@H]1C. The van der Waals surface area contributed by atoms with Gasteiger partial charge in [-0.25, -0.2) is 0 Å². The van der Waals surface area contributed by atoms with Gasteiger partial charge in [0.1, 0.15) is 0 Å². The van der Waals surface area contributed by atoms with Gasteiger partial charge >= 0.3 is 0 Å².